The molecule has 1 aliphatic heterocycles. The van der Waals surface area contributed by atoms with E-state index < -0.39 is 11.6 Å². The van der Waals surface area contributed by atoms with E-state index >= 15 is 0 Å². The van der Waals surface area contributed by atoms with Gasteiger partial charge in [0.15, 0.2) is 0 Å². The summed E-state index contributed by atoms with van der Waals surface area (Å²) in [5.41, 5.74) is 3.65. The maximum Gasteiger partial charge on any atom is 0.251 e. The van der Waals surface area contributed by atoms with Crippen molar-refractivity contribution in [3.05, 3.63) is 83.2 Å². The summed E-state index contributed by atoms with van der Waals surface area (Å²) in [6.07, 6.45) is 3.35. The second-order valence-corrected chi connectivity index (χ2v) is 5.99. The summed E-state index contributed by atoms with van der Waals surface area (Å²) in [5.74, 6) is -0.954. The first-order valence-electron chi connectivity index (χ1n) is 8.03. The number of nitrogens with one attached hydrogen (secondary N) is 1. The number of benzene rings is 2. The lowest BCUT2D eigenvalue weighted by atomic mass is 9.96. The molecule has 2 heterocycles. The predicted octanol–water partition coefficient (Wildman–Crippen LogP) is 3.85. The highest BCUT2D eigenvalue weighted by Gasteiger charge is 2.18. The molecule has 0 spiro atoms. The zero-order valence-corrected chi connectivity index (χ0v) is 13.6. The molecule has 0 saturated heterocycles. The van der Waals surface area contributed by atoms with Gasteiger partial charge in [-0.3, -0.25) is 9.78 Å². The first-order valence-corrected chi connectivity index (χ1v) is 8.03. The lowest BCUT2D eigenvalue weighted by Gasteiger charge is -2.20. The van der Waals surface area contributed by atoms with Gasteiger partial charge in [0.1, 0.15) is 24.0 Å². The summed E-state index contributed by atoms with van der Waals surface area (Å²) in [4.78, 5) is 16.4. The molecule has 26 heavy (non-hydrogen) atoms. The van der Waals surface area contributed by atoms with Crippen LogP contribution in [-0.2, 0) is 13.2 Å². The summed E-state index contributed by atoms with van der Waals surface area (Å²) < 4.78 is 32.1. The Morgan fingerprint density at radius 1 is 1.08 bits per heavy atom. The molecule has 0 atom stereocenters. The van der Waals surface area contributed by atoms with Gasteiger partial charge in [0, 0.05) is 29.9 Å². The van der Waals surface area contributed by atoms with Crippen LogP contribution in [0.5, 0.6) is 5.75 Å². The number of ether oxygens (including phenoxy) is 1. The van der Waals surface area contributed by atoms with Crippen molar-refractivity contribution in [1.29, 1.82) is 0 Å². The van der Waals surface area contributed by atoms with Crippen LogP contribution in [-0.4, -0.2) is 10.9 Å². The monoisotopic (exact) mass is 352 g/mol. The van der Waals surface area contributed by atoms with Gasteiger partial charge in [0.25, 0.3) is 5.91 Å². The molecule has 0 aliphatic carbocycles. The number of hydrogen-bond donors (Lipinski definition) is 1. The third-order valence-corrected chi connectivity index (χ3v) is 4.20. The number of rotatable bonds is 3. The van der Waals surface area contributed by atoms with Gasteiger partial charge in [-0.05, 0) is 47.0 Å². The number of fused-ring (bicyclic) bond motifs is 3. The summed E-state index contributed by atoms with van der Waals surface area (Å²) in [6.45, 7) is 0.389. The van der Waals surface area contributed by atoms with E-state index in [4.69, 9.17) is 4.74 Å². The highest BCUT2D eigenvalue weighted by atomic mass is 19.1. The predicted molar refractivity (Wildman–Crippen MR) is 91.5 cm³/mol. The van der Waals surface area contributed by atoms with Crippen molar-refractivity contribution >= 4 is 5.91 Å². The maximum atomic E-state index is 13.2. The van der Waals surface area contributed by atoms with E-state index in [1.54, 1.807) is 24.5 Å². The zero-order valence-electron chi connectivity index (χ0n) is 13.6. The van der Waals surface area contributed by atoms with E-state index in [9.17, 15) is 13.6 Å². The Labute approximate surface area is 148 Å². The first-order chi connectivity index (χ1) is 12.6. The molecule has 4 nitrogen and oxygen atoms in total. The van der Waals surface area contributed by atoms with Gasteiger partial charge < -0.3 is 10.1 Å². The van der Waals surface area contributed by atoms with Crippen LogP contribution in [0.4, 0.5) is 8.78 Å². The van der Waals surface area contributed by atoms with Crippen molar-refractivity contribution in [3.8, 4) is 16.9 Å². The Bertz CT molecular complexity index is 985. The molecule has 0 saturated carbocycles. The van der Waals surface area contributed by atoms with E-state index in [0.717, 1.165) is 22.8 Å². The molecule has 0 fully saturated rings. The highest BCUT2D eigenvalue weighted by Crippen LogP contribution is 2.36. The third-order valence-electron chi connectivity index (χ3n) is 4.20. The molecule has 6 heteroatoms. The van der Waals surface area contributed by atoms with Gasteiger partial charge >= 0.3 is 0 Å². The minimum atomic E-state index is -0.673. The highest BCUT2D eigenvalue weighted by molar-refractivity contribution is 5.95. The maximum absolute atomic E-state index is 13.2. The Kier molecular flexibility index (Phi) is 4.08. The van der Waals surface area contributed by atoms with Crippen LogP contribution >= 0.6 is 0 Å². The topological polar surface area (TPSA) is 51.2 Å². The number of carbonyl (C=O) groups excluding carboxylic acids is 1. The van der Waals surface area contributed by atoms with Gasteiger partial charge in [0.05, 0.1) is 6.20 Å². The van der Waals surface area contributed by atoms with Crippen molar-refractivity contribution in [1.82, 2.24) is 10.3 Å². The second-order valence-electron chi connectivity index (χ2n) is 5.99. The van der Waals surface area contributed by atoms with Crippen LogP contribution in [0.25, 0.3) is 11.1 Å². The number of halogens is 2. The number of pyridine rings is 1. The van der Waals surface area contributed by atoms with Crippen LogP contribution in [0.1, 0.15) is 21.5 Å². The fourth-order valence-corrected chi connectivity index (χ4v) is 2.99. The molecular weight excluding hydrogens is 338 g/mol. The lowest BCUT2D eigenvalue weighted by molar-refractivity contribution is 0.0950. The first kappa shape index (κ1) is 16.2. The minimum absolute atomic E-state index is 0.0373. The van der Waals surface area contributed by atoms with Crippen LogP contribution in [0.3, 0.4) is 0 Å². The Morgan fingerprint density at radius 3 is 2.69 bits per heavy atom. The van der Waals surface area contributed by atoms with Gasteiger partial charge in [-0.1, -0.05) is 6.07 Å². The Morgan fingerprint density at radius 2 is 1.88 bits per heavy atom. The Hall–Kier alpha value is -3.28. The largest absolute Gasteiger partial charge is 0.487 e. The molecule has 2 aromatic carbocycles. The van der Waals surface area contributed by atoms with Gasteiger partial charge in [0.2, 0.25) is 0 Å². The Balaban J connectivity index is 1.53. The minimum Gasteiger partial charge on any atom is -0.487 e. The molecule has 1 aromatic heterocycles. The van der Waals surface area contributed by atoms with Gasteiger partial charge in [-0.15, -0.1) is 0 Å². The van der Waals surface area contributed by atoms with Crippen LogP contribution in [0.2, 0.25) is 0 Å². The van der Waals surface area contributed by atoms with E-state index in [-0.39, 0.29) is 12.5 Å². The summed E-state index contributed by atoms with van der Waals surface area (Å²) >= 11 is 0. The molecule has 1 aliphatic rings. The van der Waals surface area contributed by atoms with Crippen molar-refractivity contribution in [2.45, 2.75) is 13.2 Å². The summed E-state index contributed by atoms with van der Waals surface area (Å²) in [6, 6.07) is 10.4. The lowest BCUT2D eigenvalue weighted by Crippen LogP contribution is -2.23. The standard InChI is InChI=1S/C20H14F2N2O2/c21-15-5-12(6-16(22)8-15)9-24-20(25)13-1-2-17-14(7-13)11-26-19-10-23-4-3-18(17)19/h1-8,10H,9,11H2,(H,24,25). The molecule has 130 valence electrons. The fraction of sp³-hybridized carbons (Fsp3) is 0.100. The van der Waals surface area contributed by atoms with Crippen molar-refractivity contribution in [2.75, 3.05) is 0 Å². The van der Waals surface area contributed by atoms with Gasteiger partial charge in [-0.25, -0.2) is 8.78 Å². The number of hydrogen-bond acceptors (Lipinski definition) is 3. The van der Waals surface area contributed by atoms with Crippen LogP contribution < -0.4 is 10.1 Å². The number of nitrogens with zero attached hydrogens (tertiary/aromatic N) is 1. The average molecular weight is 352 g/mol. The normalized spacial score (nSPS) is 11.9. The smallest absolute Gasteiger partial charge is 0.251 e. The van der Waals surface area contributed by atoms with Gasteiger partial charge in [-0.2, -0.15) is 0 Å². The van der Waals surface area contributed by atoms with E-state index in [1.165, 1.54) is 12.1 Å². The fourth-order valence-electron chi connectivity index (χ4n) is 2.99. The third kappa shape index (κ3) is 3.13. The molecule has 0 unspecified atom stereocenters. The van der Waals surface area contributed by atoms with Crippen LogP contribution in [0, 0.1) is 11.6 Å². The second kappa shape index (κ2) is 6.55. The molecule has 1 amide bonds. The zero-order chi connectivity index (χ0) is 18.1. The van der Waals surface area contributed by atoms with E-state index in [1.807, 2.05) is 12.1 Å². The molecule has 0 radical (unpaired) electrons. The van der Waals surface area contributed by atoms with Crippen molar-refractivity contribution < 1.29 is 18.3 Å². The number of carbonyl (C=O) groups is 1. The molecule has 1 N–H and O–H groups in total. The van der Waals surface area contributed by atoms with E-state index in [2.05, 4.69) is 10.3 Å². The number of aromatic nitrogens is 1. The summed E-state index contributed by atoms with van der Waals surface area (Å²) in [5, 5.41) is 2.67. The van der Waals surface area contributed by atoms with E-state index in [0.29, 0.717) is 23.5 Å². The quantitative estimate of drug-likeness (QED) is 0.779. The molecule has 0 bridgehead atoms. The molecular formula is C20H14F2N2O2. The van der Waals surface area contributed by atoms with Crippen molar-refractivity contribution in [3.63, 3.8) is 0 Å². The number of amides is 1. The van der Waals surface area contributed by atoms with Crippen molar-refractivity contribution in [2.24, 2.45) is 0 Å². The average Bonchev–Trinajstić information content (AvgIpc) is 2.65. The molecule has 4 rings (SSSR count). The SMILES string of the molecule is O=C(NCc1cc(F)cc(F)c1)c1ccc2c(c1)COc1cnccc1-2. The molecule has 3 aromatic rings. The summed E-state index contributed by atoms with van der Waals surface area (Å²) in [7, 11) is 0. The van der Waals surface area contributed by atoms with Crippen LogP contribution in [0.15, 0.2) is 54.9 Å².